The lowest BCUT2D eigenvalue weighted by atomic mass is 9.85. The molecule has 1 aliphatic heterocycles. The van der Waals surface area contributed by atoms with Gasteiger partial charge in [-0.05, 0) is 31.4 Å². The van der Waals surface area contributed by atoms with E-state index in [1.807, 2.05) is 12.3 Å². The molecule has 2 aliphatic rings. The molecule has 5 heteroatoms. The molecule has 4 nitrogen and oxygen atoms in total. The van der Waals surface area contributed by atoms with E-state index >= 15 is 0 Å². The highest BCUT2D eigenvalue weighted by Gasteiger charge is 2.38. The first-order valence-corrected chi connectivity index (χ1v) is 7.18. The number of carbonyl (C=O) groups excluding carboxylic acids is 2. The smallest absolute Gasteiger partial charge is 0.232 e. The van der Waals surface area contributed by atoms with Gasteiger partial charge in [0.05, 0.1) is 5.57 Å². The number of allylic oxidation sites excluding steroid dienone is 1. The van der Waals surface area contributed by atoms with Crippen LogP contribution in [0.5, 0.6) is 0 Å². The molecular formula is C14H12O4S. The van der Waals surface area contributed by atoms with Gasteiger partial charge >= 0.3 is 0 Å². The summed E-state index contributed by atoms with van der Waals surface area (Å²) < 4.78 is 0. The van der Waals surface area contributed by atoms with Crippen LogP contribution in [0.1, 0.15) is 34.1 Å². The van der Waals surface area contributed by atoms with Crippen molar-refractivity contribution < 1.29 is 19.4 Å². The summed E-state index contributed by atoms with van der Waals surface area (Å²) in [6.07, 6.45) is 2.12. The zero-order valence-corrected chi connectivity index (χ0v) is 11.4. The van der Waals surface area contributed by atoms with Gasteiger partial charge in [-0.2, -0.15) is 4.89 Å². The van der Waals surface area contributed by atoms with Crippen molar-refractivity contribution in [1.29, 1.82) is 0 Å². The Balaban J connectivity index is 2.14. The fourth-order valence-electron chi connectivity index (χ4n) is 2.29. The molecule has 0 amide bonds. The second kappa shape index (κ2) is 4.51. The number of hydrogen-bond acceptors (Lipinski definition) is 5. The Kier molecular flexibility index (Phi) is 2.95. The van der Waals surface area contributed by atoms with E-state index in [1.54, 1.807) is 19.1 Å². The average Bonchev–Trinajstić information content (AvgIpc) is 2.44. The van der Waals surface area contributed by atoms with Crippen molar-refractivity contribution in [3.8, 4) is 0 Å². The van der Waals surface area contributed by atoms with Crippen LogP contribution in [-0.4, -0.2) is 23.9 Å². The van der Waals surface area contributed by atoms with Gasteiger partial charge in [-0.15, -0.1) is 11.8 Å². The van der Waals surface area contributed by atoms with Crippen LogP contribution in [0, 0.1) is 0 Å². The van der Waals surface area contributed by atoms with E-state index in [0.29, 0.717) is 23.1 Å². The van der Waals surface area contributed by atoms with Gasteiger partial charge in [0, 0.05) is 22.4 Å². The number of thioether (sulfide) groups is 1. The Bertz CT molecular complexity index is 618. The molecule has 1 aromatic carbocycles. The van der Waals surface area contributed by atoms with Crippen molar-refractivity contribution in [3.05, 3.63) is 40.7 Å². The van der Waals surface area contributed by atoms with Crippen LogP contribution < -0.4 is 0 Å². The van der Waals surface area contributed by atoms with Gasteiger partial charge in [0.1, 0.15) is 6.10 Å². The molecule has 0 saturated carbocycles. The standard InChI is InChI=1S/C14H12O4S/c1-7-5-11-12(15)10-6-8(19-2)3-4-9(10)13(16)14(11)18-17-7/h3-4,6-7H,5H2,1-2H3. The fourth-order valence-corrected chi connectivity index (χ4v) is 2.73. The van der Waals surface area contributed by atoms with E-state index < -0.39 is 0 Å². The minimum absolute atomic E-state index is 0.0486. The van der Waals surface area contributed by atoms with Gasteiger partial charge in [0.25, 0.3) is 0 Å². The number of rotatable bonds is 1. The molecular weight excluding hydrogens is 264 g/mol. The molecule has 0 bridgehead atoms. The molecule has 1 atom stereocenters. The zero-order valence-electron chi connectivity index (χ0n) is 10.6. The lowest BCUT2D eigenvalue weighted by Gasteiger charge is -2.26. The predicted octanol–water partition coefficient (Wildman–Crippen LogP) is 2.78. The SMILES string of the molecule is CSc1ccc2c(c1)C(=O)C1=C(OOC(C)C1)C2=O. The molecule has 0 saturated heterocycles. The molecule has 0 N–H and O–H groups in total. The van der Waals surface area contributed by atoms with E-state index in [9.17, 15) is 9.59 Å². The summed E-state index contributed by atoms with van der Waals surface area (Å²) >= 11 is 1.54. The van der Waals surface area contributed by atoms with Gasteiger partial charge in [0.2, 0.25) is 11.5 Å². The van der Waals surface area contributed by atoms with Crippen molar-refractivity contribution in [3.63, 3.8) is 0 Å². The number of ketones is 2. The Morgan fingerprint density at radius 1 is 1.21 bits per heavy atom. The van der Waals surface area contributed by atoms with E-state index in [-0.39, 0.29) is 23.4 Å². The average molecular weight is 276 g/mol. The number of carbonyl (C=O) groups is 2. The number of Topliss-reactive ketones (excluding diaryl/α,β-unsaturated/α-hetero) is 2. The maximum absolute atomic E-state index is 12.5. The van der Waals surface area contributed by atoms with Crippen LogP contribution in [0.3, 0.4) is 0 Å². The molecule has 0 fully saturated rings. The van der Waals surface area contributed by atoms with E-state index in [2.05, 4.69) is 0 Å². The minimum Gasteiger partial charge on any atom is -0.333 e. The first-order chi connectivity index (χ1) is 9.11. The molecule has 98 valence electrons. The quantitative estimate of drug-likeness (QED) is 0.583. The third kappa shape index (κ3) is 1.89. The molecule has 1 unspecified atom stereocenters. The zero-order chi connectivity index (χ0) is 13.6. The van der Waals surface area contributed by atoms with E-state index in [1.165, 1.54) is 11.8 Å². The van der Waals surface area contributed by atoms with Gasteiger partial charge in [-0.1, -0.05) is 0 Å². The largest absolute Gasteiger partial charge is 0.333 e. The number of fused-ring (bicyclic) bond motifs is 1. The van der Waals surface area contributed by atoms with Crippen LogP contribution in [0.2, 0.25) is 0 Å². The van der Waals surface area contributed by atoms with Crippen LogP contribution in [0.25, 0.3) is 0 Å². The highest BCUT2D eigenvalue weighted by atomic mass is 32.2. The van der Waals surface area contributed by atoms with Crippen molar-refractivity contribution in [2.75, 3.05) is 6.26 Å². The summed E-state index contributed by atoms with van der Waals surface area (Å²) in [5, 5.41) is 0. The lowest BCUT2D eigenvalue weighted by molar-refractivity contribution is -0.295. The Morgan fingerprint density at radius 3 is 2.74 bits per heavy atom. The molecule has 1 heterocycles. The lowest BCUT2D eigenvalue weighted by Crippen LogP contribution is -2.30. The van der Waals surface area contributed by atoms with Crippen LogP contribution in [-0.2, 0) is 9.78 Å². The van der Waals surface area contributed by atoms with Crippen molar-refractivity contribution >= 4 is 23.3 Å². The van der Waals surface area contributed by atoms with Crippen LogP contribution in [0.4, 0.5) is 0 Å². The highest BCUT2D eigenvalue weighted by Crippen LogP contribution is 2.34. The first kappa shape index (κ1) is 12.4. The summed E-state index contributed by atoms with van der Waals surface area (Å²) in [5.41, 5.74) is 1.28. The summed E-state index contributed by atoms with van der Waals surface area (Å²) in [6.45, 7) is 1.80. The van der Waals surface area contributed by atoms with Crippen LogP contribution >= 0.6 is 11.8 Å². The van der Waals surface area contributed by atoms with Gasteiger partial charge in [-0.3, -0.25) is 9.59 Å². The highest BCUT2D eigenvalue weighted by molar-refractivity contribution is 7.98. The second-order valence-corrected chi connectivity index (χ2v) is 5.45. The predicted molar refractivity (Wildman–Crippen MR) is 70.2 cm³/mol. The number of benzene rings is 1. The molecule has 1 aliphatic carbocycles. The maximum Gasteiger partial charge on any atom is 0.232 e. The maximum atomic E-state index is 12.5. The third-order valence-corrected chi connectivity index (χ3v) is 3.98. The molecule has 1 aromatic rings. The first-order valence-electron chi connectivity index (χ1n) is 5.95. The van der Waals surface area contributed by atoms with Gasteiger partial charge in [-0.25, -0.2) is 0 Å². The molecule has 3 rings (SSSR count). The minimum atomic E-state index is -0.274. The second-order valence-electron chi connectivity index (χ2n) is 4.57. The van der Waals surface area contributed by atoms with E-state index in [0.717, 1.165) is 4.90 Å². The normalized spacial score (nSPS) is 21.9. The summed E-state index contributed by atoms with van der Waals surface area (Å²) in [4.78, 5) is 35.7. The topological polar surface area (TPSA) is 52.6 Å². The van der Waals surface area contributed by atoms with Gasteiger partial charge < -0.3 is 4.89 Å². The monoisotopic (exact) mass is 276 g/mol. The molecule has 19 heavy (non-hydrogen) atoms. The summed E-state index contributed by atoms with van der Waals surface area (Å²) in [7, 11) is 0. The third-order valence-electron chi connectivity index (χ3n) is 3.26. The van der Waals surface area contributed by atoms with E-state index in [4.69, 9.17) is 9.78 Å². The van der Waals surface area contributed by atoms with Crippen LogP contribution in [0.15, 0.2) is 34.4 Å². The summed E-state index contributed by atoms with van der Waals surface area (Å²) in [6, 6.07) is 5.27. The molecule has 0 aromatic heterocycles. The Labute approximate surface area is 114 Å². The van der Waals surface area contributed by atoms with Crippen molar-refractivity contribution in [2.24, 2.45) is 0 Å². The Hall–Kier alpha value is -1.59. The number of hydrogen-bond donors (Lipinski definition) is 0. The van der Waals surface area contributed by atoms with Crippen molar-refractivity contribution in [2.45, 2.75) is 24.3 Å². The van der Waals surface area contributed by atoms with Crippen molar-refractivity contribution in [1.82, 2.24) is 0 Å². The summed E-state index contributed by atoms with van der Waals surface area (Å²) in [5.74, 6) is -0.354. The molecule has 0 spiro atoms. The van der Waals surface area contributed by atoms with Gasteiger partial charge in [0.15, 0.2) is 5.78 Å². The fraction of sp³-hybridized carbons (Fsp3) is 0.286. The Morgan fingerprint density at radius 2 is 2.00 bits per heavy atom. The molecule has 0 radical (unpaired) electrons.